The van der Waals surface area contributed by atoms with Gasteiger partial charge in [0, 0.05) is 21.9 Å². The van der Waals surface area contributed by atoms with E-state index < -0.39 is 0 Å². The number of benzene rings is 2. The molecule has 0 radical (unpaired) electrons. The largest absolute Gasteiger partial charge is 0.268 e. The molecule has 0 amide bonds. The van der Waals surface area contributed by atoms with Gasteiger partial charge in [-0.15, -0.1) is 0 Å². The van der Waals surface area contributed by atoms with Gasteiger partial charge in [0.25, 0.3) is 5.56 Å². The topological polar surface area (TPSA) is 63.1 Å². The zero-order valence-corrected chi connectivity index (χ0v) is 15.4. The Hall–Kier alpha value is -2.38. The summed E-state index contributed by atoms with van der Waals surface area (Å²) in [5.41, 5.74) is 2.47. The van der Waals surface area contributed by atoms with Crippen molar-refractivity contribution in [1.29, 1.82) is 0 Å². The molecule has 0 aliphatic carbocycles. The van der Waals surface area contributed by atoms with Crippen molar-refractivity contribution in [1.82, 2.24) is 19.6 Å². The van der Waals surface area contributed by atoms with Crippen molar-refractivity contribution in [2.24, 2.45) is 0 Å². The quantitative estimate of drug-likeness (QED) is 0.511. The normalized spacial score (nSPS) is 11.1. The number of thioether (sulfide) groups is 1. The molecule has 2 aromatic heterocycles. The molecular weight excluding hydrogens is 400 g/mol. The van der Waals surface area contributed by atoms with Crippen LogP contribution in [0.4, 0.5) is 0 Å². The Morgan fingerprint density at radius 3 is 2.56 bits per heavy atom. The van der Waals surface area contributed by atoms with Crippen LogP contribution in [0.3, 0.4) is 0 Å². The summed E-state index contributed by atoms with van der Waals surface area (Å²) in [4.78, 5) is 20.9. The van der Waals surface area contributed by atoms with E-state index in [1.807, 2.05) is 42.5 Å². The third kappa shape index (κ3) is 3.52. The van der Waals surface area contributed by atoms with Crippen molar-refractivity contribution in [2.45, 2.75) is 10.9 Å². The second kappa shape index (κ2) is 6.85. The summed E-state index contributed by atoms with van der Waals surface area (Å²) < 4.78 is 2.69. The standard InChI is InChI=1S/C18H13BrN4OS/c19-14-8-6-12(7-9-14)11-25-18-21-17(13-4-2-1-3-5-13)20-15-10-16(24)22-23(15)18/h1-10H,11H2,(H,22,24). The molecule has 5 nitrogen and oxygen atoms in total. The summed E-state index contributed by atoms with van der Waals surface area (Å²) in [6, 6.07) is 19.4. The molecule has 0 unspecified atom stereocenters. The van der Waals surface area contributed by atoms with Crippen LogP contribution >= 0.6 is 27.7 Å². The van der Waals surface area contributed by atoms with Crippen molar-refractivity contribution >= 4 is 33.3 Å². The number of nitrogens with zero attached hydrogens (tertiary/aromatic N) is 3. The Bertz CT molecular complexity index is 1070. The first-order valence-corrected chi connectivity index (χ1v) is 9.39. The van der Waals surface area contributed by atoms with Gasteiger partial charge in [0.1, 0.15) is 0 Å². The predicted molar refractivity (Wildman–Crippen MR) is 103 cm³/mol. The highest BCUT2D eigenvalue weighted by Gasteiger charge is 2.11. The fourth-order valence-electron chi connectivity index (χ4n) is 2.43. The van der Waals surface area contributed by atoms with Gasteiger partial charge < -0.3 is 0 Å². The number of aromatic amines is 1. The van der Waals surface area contributed by atoms with Crippen molar-refractivity contribution in [3.63, 3.8) is 0 Å². The number of nitrogens with one attached hydrogen (secondary N) is 1. The SMILES string of the molecule is O=c1cc2nc(-c3ccccc3)nc(SCc3ccc(Br)cc3)n2[nH]1. The molecule has 0 saturated heterocycles. The van der Waals surface area contributed by atoms with Gasteiger partial charge in [-0.25, -0.2) is 14.5 Å². The van der Waals surface area contributed by atoms with Crippen LogP contribution in [0.5, 0.6) is 0 Å². The van der Waals surface area contributed by atoms with Gasteiger partial charge in [-0.05, 0) is 17.7 Å². The van der Waals surface area contributed by atoms with Crippen molar-refractivity contribution in [3.8, 4) is 11.4 Å². The van der Waals surface area contributed by atoms with Gasteiger partial charge in [0.05, 0.1) is 0 Å². The Balaban J connectivity index is 1.73. The van der Waals surface area contributed by atoms with Gasteiger partial charge in [-0.1, -0.05) is 70.2 Å². The van der Waals surface area contributed by atoms with Crippen LogP contribution < -0.4 is 5.56 Å². The number of H-pyrrole nitrogens is 1. The first-order valence-electron chi connectivity index (χ1n) is 7.61. The number of hydrogen-bond donors (Lipinski definition) is 1. The Labute approximate surface area is 156 Å². The molecule has 4 aromatic rings. The molecule has 2 aromatic carbocycles. The highest BCUT2D eigenvalue weighted by molar-refractivity contribution is 9.10. The molecule has 0 aliphatic rings. The van der Waals surface area contributed by atoms with Crippen LogP contribution in [0.25, 0.3) is 17.0 Å². The van der Waals surface area contributed by atoms with Crippen molar-refractivity contribution in [3.05, 3.63) is 81.1 Å². The van der Waals surface area contributed by atoms with Gasteiger partial charge >= 0.3 is 0 Å². The Morgan fingerprint density at radius 1 is 1.04 bits per heavy atom. The van der Waals surface area contributed by atoms with E-state index in [-0.39, 0.29) is 5.56 Å². The maximum absolute atomic E-state index is 11.7. The molecule has 0 aliphatic heterocycles. The van der Waals surface area contributed by atoms with Crippen LogP contribution in [-0.4, -0.2) is 19.6 Å². The van der Waals surface area contributed by atoms with Crippen LogP contribution in [-0.2, 0) is 5.75 Å². The molecule has 0 fully saturated rings. The number of halogens is 1. The average Bonchev–Trinajstić information content (AvgIpc) is 3.02. The number of fused-ring (bicyclic) bond motifs is 1. The lowest BCUT2D eigenvalue weighted by atomic mass is 10.2. The molecule has 7 heteroatoms. The van der Waals surface area contributed by atoms with Gasteiger partial charge in [-0.3, -0.25) is 9.89 Å². The van der Waals surface area contributed by atoms with E-state index in [9.17, 15) is 4.79 Å². The third-order valence-electron chi connectivity index (χ3n) is 3.64. The molecule has 25 heavy (non-hydrogen) atoms. The molecule has 0 bridgehead atoms. The van der Waals surface area contributed by atoms with E-state index in [0.717, 1.165) is 15.8 Å². The first-order chi connectivity index (χ1) is 12.2. The molecule has 4 rings (SSSR count). The molecule has 0 spiro atoms. The zero-order valence-electron chi connectivity index (χ0n) is 13.0. The lowest BCUT2D eigenvalue weighted by Crippen LogP contribution is -2.04. The molecule has 0 atom stereocenters. The van der Waals surface area contributed by atoms with Crippen LogP contribution in [0, 0.1) is 0 Å². The minimum atomic E-state index is -0.190. The minimum Gasteiger partial charge on any atom is -0.268 e. The average molecular weight is 413 g/mol. The van der Waals surface area contributed by atoms with E-state index >= 15 is 0 Å². The van der Waals surface area contributed by atoms with Crippen LogP contribution in [0.1, 0.15) is 5.56 Å². The number of hydrogen-bond acceptors (Lipinski definition) is 4. The van der Waals surface area contributed by atoms with Gasteiger partial charge in [0.2, 0.25) is 0 Å². The van der Waals surface area contributed by atoms with E-state index in [1.165, 1.54) is 11.6 Å². The Morgan fingerprint density at radius 2 is 1.80 bits per heavy atom. The molecule has 1 N–H and O–H groups in total. The lowest BCUT2D eigenvalue weighted by molar-refractivity contribution is 0.766. The fraction of sp³-hybridized carbons (Fsp3) is 0.0556. The summed E-state index contributed by atoms with van der Waals surface area (Å²) in [5.74, 6) is 1.35. The summed E-state index contributed by atoms with van der Waals surface area (Å²) in [6.45, 7) is 0. The maximum atomic E-state index is 11.7. The number of rotatable bonds is 4. The first kappa shape index (κ1) is 16.1. The van der Waals surface area contributed by atoms with E-state index in [1.54, 1.807) is 16.3 Å². The van der Waals surface area contributed by atoms with Crippen molar-refractivity contribution in [2.75, 3.05) is 0 Å². The monoisotopic (exact) mass is 412 g/mol. The van der Waals surface area contributed by atoms with Crippen LogP contribution in [0.2, 0.25) is 0 Å². The van der Waals surface area contributed by atoms with Gasteiger partial charge in [-0.2, -0.15) is 0 Å². The minimum absolute atomic E-state index is 0.190. The van der Waals surface area contributed by atoms with Crippen molar-refractivity contribution < 1.29 is 0 Å². The highest BCUT2D eigenvalue weighted by Crippen LogP contribution is 2.24. The molecular formula is C18H13BrN4OS. The molecule has 124 valence electrons. The zero-order chi connectivity index (χ0) is 17.2. The second-order valence-electron chi connectivity index (χ2n) is 5.42. The second-order valence-corrected chi connectivity index (χ2v) is 7.28. The molecule has 0 saturated carbocycles. The predicted octanol–water partition coefficient (Wildman–Crippen LogP) is 4.14. The van der Waals surface area contributed by atoms with E-state index in [2.05, 4.69) is 43.1 Å². The van der Waals surface area contributed by atoms with Gasteiger partial charge in [0.15, 0.2) is 16.6 Å². The summed E-state index contributed by atoms with van der Waals surface area (Å²) in [5, 5.41) is 3.46. The summed E-state index contributed by atoms with van der Waals surface area (Å²) >= 11 is 5.00. The lowest BCUT2D eigenvalue weighted by Gasteiger charge is -2.07. The maximum Gasteiger partial charge on any atom is 0.266 e. The Kier molecular flexibility index (Phi) is 4.42. The van der Waals surface area contributed by atoms with E-state index in [4.69, 9.17) is 0 Å². The van der Waals surface area contributed by atoms with Crippen LogP contribution in [0.15, 0.2) is 75.1 Å². The summed E-state index contributed by atoms with van der Waals surface area (Å²) in [6.07, 6.45) is 0. The third-order valence-corrected chi connectivity index (χ3v) is 5.18. The molecule has 2 heterocycles. The smallest absolute Gasteiger partial charge is 0.266 e. The number of aromatic nitrogens is 4. The summed E-state index contributed by atoms with van der Waals surface area (Å²) in [7, 11) is 0. The van der Waals surface area contributed by atoms with E-state index in [0.29, 0.717) is 16.6 Å². The fourth-order valence-corrected chi connectivity index (χ4v) is 3.60. The highest BCUT2D eigenvalue weighted by atomic mass is 79.9.